The van der Waals surface area contributed by atoms with Gasteiger partial charge in [0.1, 0.15) is 28.6 Å². The number of aromatic nitrogens is 3. The molecule has 2 aliphatic carbocycles. The number of halogens is 2. The highest BCUT2D eigenvalue weighted by Crippen LogP contribution is 2.55. The zero-order valence-electron chi connectivity index (χ0n) is 28.8. The molecule has 5 heterocycles. The van der Waals surface area contributed by atoms with Gasteiger partial charge in [-0.25, -0.2) is 8.78 Å². The number of terminal acetylenes is 1. The summed E-state index contributed by atoms with van der Waals surface area (Å²) in [6.45, 7) is 5.77. The van der Waals surface area contributed by atoms with Crippen molar-refractivity contribution in [3.8, 4) is 35.4 Å². The van der Waals surface area contributed by atoms with E-state index in [0.717, 1.165) is 58.3 Å². The van der Waals surface area contributed by atoms with Crippen LogP contribution in [0, 0.1) is 34.8 Å². The van der Waals surface area contributed by atoms with Crippen molar-refractivity contribution in [1.29, 1.82) is 0 Å². The summed E-state index contributed by atoms with van der Waals surface area (Å²) in [7, 11) is 0. The molecule has 266 valence electrons. The average molecular weight is 696 g/mol. The van der Waals surface area contributed by atoms with Crippen molar-refractivity contribution >= 4 is 27.5 Å². The molecule has 1 spiro atoms. The number of fused-ring (bicyclic) bond motifs is 3. The van der Waals surface area contributed by atoms with Crippen molar-refractivity contribution in [2.45, 2.75) is 69.9 Å². The van der Waals surface area contributed by atoms with Crippen LogP contribution in [-0.2, 0) is 9.47 Å². The molecular formula is C40H43F2N5O4. The monoisotopic (exact) mass is 695 g/mol. The second kappa shape index (κ2) is 12.8. The molecule has 2 atom stereocenters. The zero-order valence-corrected chi connectivity index (χ0v) is 28.8. The van der Waals surface area contributed by atoms with Crippen molar-refractivity contribution in [2.75, 3.05) is 57.6 Å². The highest BCUT2D eigenvalue weighted by atomic mass is 19.1. The molecule has 5 fully saturated rings. The number of phenols is 1. The van der Waals surface area contributed by atoms with Crippen LogP contribution in [-0.4, -0.2) is 89.7 Å². The molecule has 3 aliphatic heterocycles. The van der Waals surface area contributed by atoms with Crippen LogP contribution in [0.2, 0.25) is 0 Å². The van der Waals surface area contributed by atoms with Crippen LogP contribution in [0.1, 0.15) is 63.4 Å². The fraction of sp³-hybridized carbons (Fsp3) is 0.525. The van der Waals surface area contributed by atoms with Crippen LogP contribution < -0.4 is 9.64 Å². The van der Waals surface area contributed by atoms with Crippen molar-refractivity contribution in [3.63, 3.8) is 0 Å². The van der Waals surface area contributed by atoms with Crippen LogP contribution in [0.25, 0.3) is 32.9 Å². The van der Waals surface area contributed by atoms with Gasteiger partial charge in [-0.05, 0) is 86.9 Å². The summed E-state index contributed by atoms with van der Waals surface area (Å²) in [4.78, 5) is 19.0. The normalized spacial score (nSPS) is 28.1. The topological polar surface area (TPSA) is 93.1 Å². The second-order valence-electron chi connectivity index (χ2n) is 15.4. The van der Waals surface area contributed by atoms with Crippen LogP contribution >= 0.6 is 0 Å². The third-order valence-corrected chi connectivity index (χ3v) is 12.4. The number of hydrogen-bond acceptors (Lipinski definition) is 9. The highest BCUT2D eigenvalue weighted by Gasteiger charge is 2.55. The number of benzene rings is 2. The number of pyridine rings is 1. The number of hydrogen-bond donors (Lipinski definition) is 1. The Morgan fingerprint density at radius 2 is 1.88 bits per heavy atom. The summed E-state index contributed by atoms with van der Waals surface area (Å²) in [6, 6.07) is 6.75. The average Bonchev–Trinajstić information content (AvgIpc) is 3.71. The number of aromatic hydroxyl groups is 1. The number of rotatable bonds is 6. The standard InChI is InChI=1S/C40H43F2N5O4/c1-2-28-31(41)8-7-25-18-27(48)19-29(33(25)28)35-34(42)36-30(22-43-35)37(46-12-5-15-49-17-14-46)45-38(44-36)51-24-40-9-3-6-32(40)47(13-4-10-40)26-20-39(21-26)11-16-50-23-39/h1,7-8,18-19,22,26,32,48H,3-6,9-17,20-21,23-24H2. The molecule has 2 aromatic carbocycles. The maximum Gasteiger partial charge on any atom is 0.319 e. The maximum absolute atomic E-state index is 17.0. The van der Waals surface area contributed by atoms with Gasteiger partial charge in [0.25, 0.3) is 0 Å². The summed E-state index contributed by atoms with van der Waals surface area (Å²) in [5.41, 5.74) is 0.474. The second-order valence-corrected chi connectivity index (χ2v) is 15.4. The van der Waals surface area contributed by atoms with Crippen LogP contribution in [0.4, 0.5) is 14.6 Å². The molecule has 0 bridgehead atoms. The molecule has 2 aromatic heterocycles. The van der Waals surface area contributed by atoms with Crippen LogP contribution in [0.3, 0.4) is 0 Å². The first-order valence-corrected chi connectivity index (χ1v) is 18.4. The number of ether oxygens (including phenoxy) is 3. The van der Waals surface area contributed by atoms with Crippen molar-refractivity contribution < 1.29 is 28.1 Å². The van der Waals surface area contributed by atoms with Gasteiger partial charge in [0.2, 0.25) is 0 Å². The van der Waals surface area contributed by atoms with E-state index in [0.29, 0.717) is 72.4 Å². The first-order chi connectivity index (χ1) is 24.9. The summed E-state index contributed by atoms with van der Waals surface area (Å²) >= 11 is 0. The van der Waals surface area contributed by atoms with E-state index in [1.807, 2.05) is 0 Å². The van der Waals surface area contributed by atoms with Gasteiger partial charge < -0.3 is 24.2 Å². The van der Waals surface area contributed by atoms with E-state index in [1.165, 1.54) is 43.5 Å². The van der Waals surface area contributed by atoms with Gasteiger partial charge in [0, 0.05) is 60.9 Å². The first-order valence-electron chi connectivity index (χ1n) is 18.4. The molecule has 5 aliphatic rings. The Morgan fingerprint density at radius 1 is 1.00 bits per heavy atom. The van der Waals surface area contributed by atoms with Crippen molar-refractivity contribution in [3.05, 3.63) is 47.7 Å². The van der Waals surface area contributed by atoms with E-state index >= 15 is 4.39 Å². The zero-order chi connectivity index (χ0) is 34.7. The predicted octanol–water partition coefficient (Wildman–Crippen LogP) is 6.62. The van der Waals surface area contributed by atoms with Crippen molar-refractivity contribution in [2.24, 2.45) is 10.8 Å². The molecule has 1 N–H and O–H groups in total. The van der Waals surface area contributed by atoms with Crippen LogP contribution in [0.15, 0.2) is 30.5 Å². The molecule has 0 radical (unpaired) electrons. The molecule has 9 nitrogen and oxygen atoms in total. The largest absolute Gasteiger partial charge is 0.508 e. The van der Waals surface area contributed by atoms with E-state index in [-0.39, 0.29) is 39.5 Å². The molecule has 11 heteroatoms. The van der Waals surface area contributed by atoms with E-state index in [9.17, 15) is 9.50 Å². The van der Waals surface area contributed by atoms with Gasteiger partial charge in [-0.2, -0.15) is 9.97 Å². The Bertz CT molecular complexity index is 2030. The summed E-state index contributed by atoms with van der Waals surface area (Å²) in [6.07, 6.45) is 17.3. The fourth-order valence-corrected chi connectivity index (χ4v) is 9.96. The third kappa shape index (κ3) is 5.58. The lowest BCUT2D eigenvalue weighted by Crippen LogP contribution is -2.60. The highest BCUT2D eigenvalue weighted by molar-refractivity contribution is 6.03. The molecule has 9 rings (SSSR count). The number of anilines is 1. The fourth-order valence-electron chi connectivity index (χ4n) is 9.96. The minimum absolute atomic E-state index is 0.0137. The number of likely N-dealkylation sites (tertiary alicyclic amines) is 1. The first kappa shape index (κ1) is 32.8. The minimum atomic E-state index is -0.721. The quantitative estimate of drug-likeness (QED) is 0.224. The molecule has 51 heavy (non-hydrogen) atoms. The van der Waals surface area contributed by atoms with E-state index in [1.54, 1.807) is 6.20 Å². The van der Waals surface area contributed by atoms with Gasteiger partial charge in [-0.3, -0.25) is 9.88 Å². The Hall–Kier alpha value is -4.11. The Morgan fingerprint density at radius 3 is 2.73 bits per heavy atom. The predicted molar refractivity (Wildman–Crippen MR) is 190 cm³/mol. The van der Waals surface area contributed by atoms with Gasteiger partial charge in [0.05, 0.1) is 30.8 Å². The Labute approximate surface area is 296 Å². The molecule has 4 aromatic rings. The molecule has 2 saturated carbocycles. The van der Waals surface area contributed by atoms with Gasteiger partial charge in [-0.1, -0.05) is 18.4 Å². The van der Waals surface area contributed by atoms with Gasteiger partial charge in [-0.15, -0.1) is 6.42 Å². The minimum Gasteiger partial charge on any atom is -0.508 e. The van der Waals surface area contributed by atoms with Gasteiger partial charge >= 0.3 is 6.01 Å². The molecular weight excluding hydrogens is 652 g/mol. The third-order valence-electron chi connectivity index (χ3n) is 12.4. The molecule has 3 saturated heterocycles. The lowest BCUT2D eigenvalue weighted by molar-refractivity contribution is -0.0813. The maximum atomic E-state index is 17.0. The smallest absolute Gasteiger partial charge is 0.319 e. The van der Waals surface area contributed by atoms with E-state index < -0.39 is 11.6 Å². The summed E-state index contributed by atoms with van der Waals surface area (Å²) < 4.78 is 50.0. The van der Waals surface area contributed by atoms with E-state index in [4.69, 9.17) is 30.6 Å². The summed E-state index contributed by atoms with van der Waals surface area (Å²) in [5.74, 6) is 1.49. The molecule has 0 amide bonds. The SMILES string of the molecule is C#Cc1c(F)ccc2cc(O)cc(-c3ncc4c(N5CCCOCC5)nc(OCC56CCCC5N(C5CC7(CCOC7)C5)CCC6)nc4c3F)c12. The molecule has 2 unspecified atom stereocenters. The van der Waals surface area contributed by atoms with E-state index in [2.05, 4.69) is 20.7 Å². The Balaban J connectivity index is 1.09. The lowest BCUT2D eigenvalue weighted by Gasteiger charge is -2.56. The number of phenolic OH excluding ortho intramolecular Hbond substituents is 1. The van der Waals surface area contributed by atoms with Crippen molar-refractivity contribution in [1.82, 2.24) is 19.9 Å². The lowest BCUT2D eigenvalue weighted by atomic mass is 9.63. The van der Waals surface area contributed by atoms with Gasteiger partial charge in [0.15, 0.2) is 5.82 Å². The number of nitrogens with zero attached hydrogens (tertiary/aromatic N) is 5. The Kier molecular flexibility index (Phi) is 8.25. The number of piperidine rings is 1. The van der Waals surface area contributed by atoms with Crippen LogP contribution in [0.5, 0.6) is 11.8 Å². The summed E-state index contributed by atoms with van der Waals surface area (Å²) in [5, 5.41) is 11.8.